The van der Waals surface area contributed by atoms with Gasteiger partial charge < -0.3 is 10.4 Å². The van der Waals surface area contributed by atoms with E-state index in [1.54, 1.807) is 12.1 Å². The molecule has 96 valence electrons. The highest BCUT2D eigenvalue weighted by molar-refractivity contribution is 5.84. The minimum atomic E-state index is -1.09. The van der Waals surface area contributed by atoms with Crippen molar-refractivity contribution in [2.45, 2.75) is 6.54 Å². The van der Waals surface area contributed by atoms with Gasteiger partial charge in [0.05, 0.1) is 24.4 Å². The Balaban J connectivity index is 1.85. The van der Waals surface area contributed by atoms with Crippen molar-refractivity contribution in [1.82, 2.24) is 15.0 Å². The van der Waals surface area contributed by atoms with Crippen molar-refractivity contribution in [1.29, 1.82) is 5.26 Å². The van der Waals surface area contributed by atoms with Crippen LogP contribution in [0.2, 0.25) is 0 Å². The number of hydrogen-bond donors (Lipinski definition) is 2. The third kappa shape index (κ3) is 3.29. The first kappa shape index (κ1) is 12.6. The summed E-state index contributed by atoms with van der Waals surface area (Å²) in [4.78, 5) is 10.6. The fraction of sp³-hybridized carbons (Fsp3) is 0.167. The van der Waals surface area contributed by atoms with Gasteiger partial charge >= 0.3 is 5.97 Å². The van der Waals surface area contributed by atoms with Crippen LogP contribution in [0.3, 0.4) is 0 Å². The van der Waals surface area contributed by atoms with E-state index < -0.39 is 5.97 Å². The highest BCUT2D eigenvalue weighted by Crippen LogP contribution is 2.08. The molecule has 0 radical (unpaired) electrons. The molecule has 2 aromatic rings. The number of aromatic nitrogens is 3. The summed E-state index contributed by atoms with van der Waals surface area (Å²) in [6, 6.07) is 9.11. The summed E-state index contributed by atoms with van der Waals surface area (Å²) < 4.78 is 1.46. The minimum absolute atomic E-state index is 0.0710. The van der Waals surface area contributed by atoms with E-state index in [4.69, 9.17) is 10.4 Å². The minimum Gasteiger partial charge on any atom is -0.476 e. The molecule has 2 N–H and O–H groups in total. The maximum Gasteiger partial charge on any atom is 0.358 e. The quantitative estimate of drug-likeness (QED) is 0.826. The Morgan fingerprint density at radius 3 is 2.74 bits per heavy atom. The van der Waals surface area contributed by atoms with Crippen LogP contribution in [0, 0.1) is 11.3 Å². The van der Waals surface area contributed by atoms with E-state index in [1.165, 1.54) is 10.9 Å². The van der Waals surface area contributed by atoms with Crippen molar-refractivity contribution in [3.05, 3.63) is 41.7 Å². The van der Waals surface area contributed by atoms with E-state index in [1.807, 2.05) is 18.2 Å². The lowest BCUT2D eigenvalue weighted by atomic mass is 10.2. The lowest BCUT2D eigenvalue weighted by molar-refractivity contribution is 0.0690. The number of carbonyl (C=O) groups is 1. The van der Waals surface area contributed by atoms with Crippen LogP contribution in [0.15, 0.2) is 30.5 Å². The van der Waals surface area contributed by atoms with E-state index in [9.17, 15) is 4.79 Å². The summed E-state index contributed by atoms with van der Waals surface area (Å²) in [6.45, 7) is 1.08. The van der Waals surface area contributed by atoms with E-state index in [0.29, 0.717) is 18.7 Å². The normalized spacial score (nSPS) is 9.84. The molecule has 0 fully saturated rings. The molecule has 0 aliphatic heterocycles. The Kier molecular flexibility index (Phi) is 3.73. The molecule has 0 bridgehead atoms. The molecular weight excluding hydrogens is 246 g/mol. The van der Waals surface area contributed by atoms with Crippen LogP contribution >= 0.6 is 0 Å². The van der Waals surface area contributed by atoms with Crippen LogP contribution in [0.4, 0.5) is 5.69 Å². The molecule has 2 rings (SSSR count). The number of nitrogens with one attached hydrogen (secondary N) is 1. The lowest BCUT2D eigenvalue weighted by Crippen LogP contribution is -2.11. The van der Waals surface area contributed by atoms with Gasteiger partial charge in [0.2, 0.25) is 0 Å². The van der Waals surface area contributed by atoms with Crippen molar-refractivity contribution in [2.24, 2.45) is 0 Å². The molecule has 0 aliphatic rings. The van der Waals surface area contributed by atoms with Crippen molar-refractivity contribution in [2.75, 3.05) is 11.9 Å². The number of rotatable bonds is 5. The molecule has 0 spiro atoms. The maximum atomic E-state index is 10.6. The van der Waals surface area contributed by atoms with Crippen LogP contribution in [-0.4, -0.2) is 32.6 Å². The third-order valence-electron chi connectivity index (χ3n) is 2.44. The molecule has 0 unspecified atom stereocenters. The van der Waals surface area contributed by atoms with Gasteiger partial charge in [0.1, 0.15) is 0 Å². The predicted molar refractivity (Wildman–Crippen MR) is 66.6 cm³/mol. The van der Waals surface area contributed by atoms with Crippen molar-refractivity contribution >= 4 is 11.7 Å². The SMILES string of the molecule is N#Cc1ccc(NCCn2cc(C(=O)O)nn2)cc1. The van der Waals surface area contributed by atoms with Crippen molar-refractivity contribution < 1.29 is 9.90 Å². The van der Waals surface area contributed by atoms with Crippen LogP contribution in [0.25, 0.3) is 0 Å². The highest BCUT2D eigenvalue weighted by atomic mass is 16.4. The summed E-state index contributed by atoms with van der Waals surface area (Å²) in [5.41, 5.74) is 1.42. The Hall–Kier alpha value is -2.88. The Labute approximate surface area is 109 Å². The molecule has 19 heavy (non-hydrogen) atoms. The molecular formula is C12H11N5O2. The molecule has 1 aromatic heterocycles. The standard InChI is InChI=1S/C12H11N5O2/c13-7-9-1-3-10(4-2-9)14-5-6-17-8-11(12(18)19)15-16-17/h1-4,8,14H,5-6H2,(H,18,19). The number of hydrogen-bond acceptors (Lipinski definition) is 5. The highest BCUT2D eigenvalue weighted by Gasteiger charge is 2.07. The topological polar surface area (TPSA) is 104 Å². The molecule has 0 aliphatic carbocycles. The zero-order chi connectivity index (χ0) is 13.7. The first-order valence-electron chi connectivity index (χ1n) is 5.56. The summed E-state index contributed by atoms with van der Waals surface area (Å²) in [5.74, 6) is -1.09. The summed E-state index contributed by atoms with van der Waals surface area (Å²) in [6.07, 6.45) is 1.38. The summed E-state index contributed by atoms with van der Waals surface area (Å²) in [5, 5.41) is 27.7. The monoisotopic (exact) mass is 257 g/mol. The first-order valence-corrected chi connectivity index (χ1v) is 5.56. The maximum absolute atomic E-state index is 10.6. The average Bonchev–Trinajstić information content (AvgIpc) is 2.89. The number of nitriles is 1. The van der Waals surface area contributed by atoms with Crippen LogP contribution < -0.4 is 5.32 Å². The average molecular weight is 257 g/mol. The largest absolute Gasteiger partial charge is 0.476 e. The molecule has 1 heterocycles. The number of benzene rings is 1. The lowest BCUT2D eigenvalue weighted by Gasteiger charge is -2.05. The Morgan fingerprint density at radius 2 is 2.16 bits per heavy atom. The Morgan fingerprint density at radius 1 is 1.42 bits per heavy atom. The number of carboxylic acids is 1. The molecule has 7 heteroatoms. The van der Waals surface area contributed by atoms with Gasteiger partial charge in [0.15, 0.2) is 5.69 Å². The van der Waals surface area contributed by atoms with Gasteiger partial charge in [-0.1, -0.05) is 5.21 Å². The van der Waals surface area contributed by atoms with Gasteiger partial charge in [0, 0.05) is 12.2 Å². The number of aromatic carboxylic acids is 1. The van der Waals surface area contributed by atoms with E-state index >= 15 is 0 Å². The van der Waals surface area contributed by atoms with Gasteiger partial charge in [0.25, 0.3) is 0 Å². The molecule has 0 atom stereocenters. The fourth-order valence-corrected chi connectivity index (χ4v) is 1.48. The third-order valence-corrected chi connectivity index (χ3v) is 2.44. The van der Waals surface area contributed by atoms with E-state index in [0.717, 1.165) is 5.69 Å². The predicted octanol–water partition coefficient (Wildman–Crippen LogP) is 0.960. The van der Waals surface area contributed by atoms with E-state index in [-0.39, 0.29) is 5.69 Å². The van der Waals surface area contributed by atoms with Gasteiger partial charge in [-0.25, -0.2) is 9.48 Å². The van der Waals surface area contributed by atoms with Crippen LogP contribution in [-0.2, 0) is 6.54 Å². The summed E-state index contributed by atoms with van der Waals surface area (Å²) in [7, 11) is 0. The van der Waals surface area contributed by atoms with Gasteiger partial charge in [-0.2, -0.15) is 5.26 Å². The summed E-state index contributed by atoms with van der Waals surface area (Å²) >= 11 is 0. The second-order valence-corrected chi connectivity index (χ2v) is 3.79. The molecule has 0 amide bonds. The Bertz CT molecular complexity index is 612. The van der Waals surface area contributed by atoms with Gasteiger partial charge in [-0.05, 0) is 24.3 Å². The zero-order valence-corrected chi connectivity index (χ0v) is 9.95. The van der Waals surface area contributed by atoms with Gasteiger partial charge in [-0.15, -0.1) is 5.10 Å². The molecule has 1 aromatic carbocycles. The molecule has 7 nitrogen and oxygen atoms in total. The smallest absolute Gasteiger partial charge is 0.358 e. The van der Waals surface area contributed by atoms with Crippen molar-refractivity contribution in [3.63, 3.8) is 0 Å². The van der Waals surface area contributed by atoms with E-state index in [2.05, 4.69) is 15.6 Å². The fourth-order valence-electron chi connectivity index (χ4n) is 1.48. The number of anilines is 1. The second kappa shape index (κ2) is 5.64. The number of nitrogens with zero attached hydrogens (tertiary/aromatic N) is 4. The zero-order valence-electron chi connectivity index (χ0n) is 9.95. The first-order chi connectivity index (χ1) is 9.19. The molecule has 0 saturated heterocycles. The van der Waals surface area contributed by atoms with Crippen LogP contribution in [0.5, 0.6) is 0 Å². The molecule has 0 saturated carbocycles. The van der Waals surface area contributed by atoms with Crippen LogP contribution in [0.1, 0.15) is 16.1 Å². The van der Waals surface area contributed by atoms with Gasteiger partial charge in [-0.3, -0.25) is 0 Å². The second-order valence-electron chi connectivity index (χ2n) is 3.79. The number of carboxylic acid groups (broad SMARTS) is 1. The van der Waals surface area contributed by atoms with Crippen molar-refractivity contribution in [3.8, 4) is 6.07 Å².